The Kier molecular flexibility index (Phi) is 5.59. The van der Waals surface area contributed by atoms with Gasteiger partial charge in [-0.05, 0) is 44.4 Å². The van der Waals surface area contributed by atoms with E-state index in [1.165, 1.54) is 19.3 Å². The van der Waals surface area contributed by atoms with Crippen LogP contribution in [-0.4, -0.2) is 22.5 Å². The highest BCUT2D eigenvalue weighted by molar-refractivity contribution is 7.85. The van der Waals surface area contributed by atoms with Crippen LogP contribution in [0.4, 0.5) is 0 Å². The van der Waals surface area contributed by atoms with Crippen molar-refractivity contribution >= 4 is 10.8 Å². The van der Waals surface area contributed by atoms with Gasteiger partial charge in [0.15, 0.2) is 0 Å². The molecule has 0 heterocycles. The Hall–Kier alpha value is -0.670. The van der Waals surface area contributed by atoms with Crippen molar-refractivity contribution < 1.29 is 4.21 Å². The predicted octanol–water partition coefficient (Wildman–Crippen LogP) is 3.35. The third kappa shape index (κ3) is 3.67. The van der Waals surface area contributed by atoms with Crippen molar-refractivity contribution in [2.24, 2.45) is 5.92 Å². The molecular formula is C16H25NOS. The summed E-state index contributed by atoms with van der Waals surface area (Å²) >= 11 is 0. The van der Waals surface area contributed by atoms with E-state index < -0.39 is 10.8 Å². The largest absolute Gasteiger partial charge is 0.316 e. The molecule has 1 fully saturated rings. The van der Waals surface area contributed by atoms with Gasteiger partial charge in [-0.25, -0.2) is 0 Å². The lowest BCUT2D eigenvalue weighted by molar-refractivity contribution is 0.292. The fourth-order valence-corrected chi connectivity index (χ4v) is 4.97. The molecule has 0 aromatic heterocycles. The quantitative estimate of drug-likeness (QED) is 0.895. The second-order valence-corrected chi connectivity index (χ2v) is 7.18. The minimum Gasteiger partial charge on any atom is -0.316 e. The van der Waals surface area contributed by atoms with E-state index >= 15 is 0 Å². The van der Waals surface area contributed by atoms with Gasteiger partial charge < -0.3 is 5.32 Å². The van der Waals surface area contributed by atoms with E-state index in [4.69, 9.17) is 0 Å². The number of hydrogen-bond acceptors (Lipinski definition) is 2. The Balaban J connectivity index is 2.11. The first kappa shape index (κ1) is 14.7. The maximum atomic E-state index is 12.8. The van der Waals surface area contributed by atoms with Crippen LogP contribution in [0.1, 0.15) is 39.0 Å². The first-order valence-corrected chi connectivity index (χ1v) is 8.60. The van der Waals surface area contributed by atoms with Crippen LogP contribution in [0.3, 0.4) is 0 Å². The van der Waals surface area contributed by atoms with Gasteiger partial charge >= 0.3 is 0 Å². The highest BCUT2D eigenvalue weighted by Crippen LogP contribution is 2.32. The average molecular weight is 279 g/mol. The monoisotopic (exact) mass is 279 g/mol. The first-order valence-electron chi connectivity index (χ1n) is 7.39. The molecule has 0 amide bonds. The summed E-state index contributed by atoms with van der Waals surface area (Å²) in [6.45, 7) is 2.24. The van der Waals surface area contributed by atoms with Crippen LogP contribution >= 0.6 is 0 Å². The van der Waals surface area contributed by atoms with Crippen molar-refractivity contribution in [1.29, 1.82) is 0 Å². The second kappa shape index (κ2) is 7.20. The summed E-state index contributed by atoms with van der Waals surface area (Å²) in [5.74, 6) is 0.757. The van der Waals surface area contributed by atoms with Gasteiger partial charge in [0.2, 0.25) is 0 Å². The predicted molar refractivity (Wildman–Crippen MR) is 81.7 cm³/mol. The fourth-order valence-electron chi connectivity index (χ4n) is 3.18. The Bertz CT molecular complexity index is 406. The number of nitrogens with one attached hydrogen (secondary N) is 1. The maximum Gasteiger partial charge on any atom is 0.0576 e. The third-order valence-corrected chi connectivity index (χ3v) is 6.03. The fraction of sp³-hybridized carbons (Fsp3) is 0.625. The highest BCUT2D eigenvalue weighted by atomic mass is 32.2. The zero-order valence-corrected chi connectivity index (χ0v) is 12.8. The molecule has 1 aromatic carbocycles. The van der Waals surface area contributed by atoms with Crippen molar-refractivity contribution in [2.75, 3.05) is 7.05 Å². The SMILES string of the molecule is CCCC1CCC(NC)C(S(=O)c2ccccc2)C1. The molecule has 4 unspecified atom stereocenters. The van der Waals surface area contributed by atoms with Crippen LogP contribution in [0.2, 0.25) is 0 Å². The first-order chi connectivity index (χ1) is 9.26. The molecule has 3 heteroatoms. The molecule has 106 valence electrons. The van der Waals surface area contributed by atoms with Gasteiger partial charge in [-0.2, -0.15) is 0 Å². The van der Waals surface area contributed by atoms with Crippen molar-refractivity contribution in [3.63, 3.8) is 0 Å². The summed E-state index contributed by atoms with van der Waals surface area (Å²) in [4.78, 5) is 0.977. The van der Waals surface area contributed by atoms with Gasteiger partial charge in [0, 0.05) is 10.9 Å². The molecule has 1 aliphatic rings. The summed E-state index contributed by atoms with van der Waals surface area (Å²) in [6.07, 6.45) is 6.05. The van der Waals surface area contributed by atoms with Crippen LogP contribution in [-0.2, 0) is 10.8 Å². The van der Waals surface area contributed by atoms with E-state index in [1.54, 1.807) is 0 Å². The van der Waals surface area contributed by atoms with E-state index in [2.05, 4.69) is 12.2 Å². The molecule has 1 aliphatic carbocycles. The Labute approximate surface area is 119 Å². The lowest BCUT2D eigenvalue weighted by Gasteiger charge is -2.35. The molecule has 2 nitrogen and oxygen atoms in total. The van der Waals surface area contributed by atoms with Crippen LogP contribution in [0, 0.1) is 5.92 Å². The van der Waals surface area contributed by atoms with E-state index in [0.717, 1.165) is 23.7 Å². The van der Waals surface area contributed by atoms with Crippen molar-refractivity contribution in [1.82, 2.24) is 5.32 Å². The average Bonchev–Trinajstić information content (AvgIpc) is 2.47. The summed E-state index contributed by atoms with van der Waals surface area (Å²) in [7, 11) is 1.11. The molecule has 4 atom stereocenters. The van der Waals surface area contributed by atoms with Crippen molar-refractivity contribution in [3.8, 4) is 0 Å². The van der Waals surface area contributed by atoms with Gasteiger partial charge in [-0.1, -0.05) is 38.0 Å². The van der Waals surface area contributed by atoms with Crippen molar-refractivity contribution in [3.05, 3.63) is 30.3 Å². The van der Waals surface area contributed by atoms with Gasteiger partial charge in [-0.15, -0.1) is 0 Å². The molecule has 1 saturated carbocycles. The Morgan fingerprint density at radius 3 is 2.63 bits per heavy atom. The molecule has 0 radical (unpaired) electrons. The minimum atomic E-state index is -0.887. The third-order valence-electron chi connectivity index (χ3n) is 4.22. The van der Waals surface area contributed by atoms with E-state index in [1.807, 2.05) is 37.4 Å². The molecule has 0 spiro atoms. The molecule has 0 saturated heterocycles. The Morgan fingerprint density at radius 1 is 1.26 bits per heavy atom. The molecule has 1 N–H and O–H groups in total. The summed E-state index contributed by atoms with van der Waals surface area (Å²) < 4.78 is 12.8. The van der Waals surface area contributed by atoms with Crippen molar-refractivity contribution in [2.45, 2.75) is 55.2 Å². The summed E-state index contributed by atoms with van der Waals surface area (Å²) in [5, 5.41) is 3.64. The van der Waals surface area contributed by atoms with E-state index in [9.17, 15) is 4.21 Å². The Morgan fingerprint density at radius 2 is 2.00 bits per heavy atom. The van der Waals surface area contributed by atoms with E-state index in [-0.39, 0.29) is 5.25 Å². The maximum absolute atomic E-state index is 12.8. The van der Waals surface area contributed by atoms with Gasteiger partial charge in [-0.3, -0.25) is 4.21 Å². The molecule has 2 rings (SSSR count). The topological polar surface area (TPSA) is 29.1 Å². The van der Waals surface area contributed by atoms with Crippen LogP contribution in [0.15, 0.2) is 35.2 Å². The van der Waals surface area contributed by atoms with Crippen LogP contribution in [0.5, 0.6) is 0 Å². The number of benzene rings is 1. The van der Waals surface area contributed by atoms with Gasteiger partial charge in [0.1, 0.15) is 0 Å². The molecule has 0 aliphatic heterocycles. The lowest BCUT2D eigenvalue weighted by atomic mass is 9.83. The minimum absolute atomic E-state index is 0.262. The van der Waals surface area contributed by atoms with E-state index in [0.29, 0.717) is 6.04 Å². The number of rotatable bonds is 5. The molecule has 19 heavy (non-hydrogen) atoms. The smallest absolute Gasteiger partial charge is 0.0576 e. The molecule has 0 bridgehead atoms. The van der Waals surface area contributed by atoms with Crippen LogP contribution < -0.4 is 5.32 Å². The molecular weight excluding hydrogens is 254 g/mol. The van der Waals surface area contributed by atoms with Gasteiger partial charge in [0.05, 0.1) is 16.0 Å². The summed E-state index contributed by atoms with van der Waals surface area (Å²) in [6, 6.07) is 10.3. The standard InChI is InChI=1S/C16H25NOS/c1-3-7-13-10-11-15(17-2)16(12-13)19(18)14-8-5-4-6-9-14/h4-6,8-9,13,15-17H,3,7,10-12H2,1-2H3. The van der Waals surface area contributed by atoms with Crippen LogP contribution in [0.25, 0.3) is 0 Å². The highest BCUT2D eigenvalue weighted by Gasteiger charge is 2.33. The number of hydrogen-bond donors (Lipinski definition) is 1. The zero-order valence-electron chi connectivity index (χ0n) is 12.0. The molecule has 1 aromatic rings. The normalized spacial score (nSPS) is 29.1. The lowest BCUT2D eigenvalue weighted by Crippen LogP contribution is -2.44. The summed E-state index contributed by atoms with van der Waals surface area (Å²) in [5.41, 5.74) is 0. The zero-order chi connectivity index (χ0) is 13.7. The van der Waals surface area contributed by atoms with Gasteiger partial charge in [0.25, 0.3) is 0 Å². The second-order valence-electron chi connectivity index (χ2n) is 5.51.